The Hall–Kier alpha value is -0.830. The van der Waals surface area contributed by atoms with Crippen molar-refractivity contribution in [2.45, 2.75) is 39.2 Å². The van der Waals surface area contributed by atoms with Gasteiger partial charge in [0.25, 0.3) is 0 Å². The standard InChI is InChI=1S/C10H18O3/c1-4-6-8(3)10(12)13-7-9(11)5-2/h9,11H,3-7H2,1-2H3. The molecule has 0 aromatic rings. The zero-order valence-electron chi connectivity index (χ0n) is 8.38. The van der Waals surface area contributed by atoms with Gasteiger partial charge in [0.2, 0.25) is 0 Å². The monoisotopic (exact) mass is 186 g/mol. The molecule has 1 atom stereocenters. The number of esters is 1. The first-order chi connectivity index (χ1) is 6.11. The van der Waals surface area contributed by atoms with Crippen LogP contribution in [0, 0.1) is 0 Å². The van der Waals surface area contributed by atoms with Crippen molar-refractivity contribution in [3.63, 3.8) is 0 Å². The fourth-order valence-corrected chi connectivity index (χ4v) is 0.796. The van der Waals surface area contributed by atoms with Crippen molar-refractivity contribution in [1.29, 1.82) is 0 Å². The van der Waals surface area contributed by atoms with Crippen LogP contribution in [0.2, 0.25) is 0 Å². The molecule has 0 rings (SSSR count). The Kier molecular flexibility index (Phi) is 6.24. The van der Waals surface area contributed by atoms with Crippen LogP contribution in [0.25, 0.3) is 0 Å². The molecule has 0 aromatic heterocycles. The number of carbonyl (C=O) groups is 1. The average molecular weight is 186 g/mol. The first-order valence-corrected chi connectivity index (χ1v) is 4.64. The van der Waals surface area contributed by atoms with E-state index >= 15 is 0 Å². The van der Waals surface area contributed by atoms with Crippen LogP contribution in [0.4, 0.5) is 0 Å². The molecular formula is C10H18O3. The number of aliphatic hydroxyl groups is 1. The first-order valence-electron chi connectivity index (χ1n) is 4.64. The van der Waals surface area contributed by atoms with E-state index in [0.717, 1.165) is 6.42 Å². The molecule has 0 saturated heterocycles. The summed E-state index contributed by atoms with van der Waals surface area (Å²) in [5.41, 5.74) is 0.478. The van der Waals surface area contributed by atoms with Crippen molar-refractivity contribution >= 4 is 5.97 Å². The molecule has 0 radical (unpaired) electrons. The highest BCUT2D eigenvalue weighted by Crippen LogP contribution is 2.04. The van der Waals surface area contributed by atoms with Gasteiger partial charge in [-0.3, -0.25) is 0 Å². The summed E-state index contributed by atoms with van der Waals surface area (Å²) in [6.07, 6.45) is 1.57. The Bertz CT molecular complexity index is 175. The molecule has 1 unspecified atom stereocenters. The summed E-state index contributed by atoms with van der Waals surface area (Å²) in [7, 11) is 0. The first kappa shape index (κ1) is 12.2. The zero-order valence-corrected chi connectivity index (χ0v) is 8.38. The average Bonchev–Trinajstić information content (AvgIpc) is 2.13. The Morgan fingerprint density at radius 2 is 2.15 bits per heavy atom. The summed E-state index contributed by atoms with van der Waals surface area (Å²) >= 11 is 0. The second-order valence-electron chi connectivity index (χ2n) is 3.01. The van der Waals surface area contributed by atoms with Crippen LogP contribution in [0.1, 0.15) is 33.1 Å². The normalized spacial score (nSPS) is 12.2. The Balaban J connectivity index is 3.68. The molecule has 0 aromatic carbocycles. The van der Waals surface area contributed by atoms with Gasteiger partial charge in [-0.25, -0.2) is 4.79 Å². The lowest BCUT2D eigenvalue weighted by molar-refractivity contribution is -0.142. The molecule has 0 aliphatic carbocycles. The minimum atomic E-state index is -0.557. The topological polar surface area (TPSA) is 46.5 Å². The maximum absolute atomic E-state index is 11.1. The van der Waals surface area contributed by atoms with Gasteiger partial charge in [0.1, 0.15) is 6.61 Å². The summed E-state index contributed by atoms with van der Waals surface area (Å²) in [5, 5.41) is 9.11. The quantitative estimate of drug-likeness (QED) is 0.507. The van der Waals surface area contributed by atoms with E-state index < -0.39 is 12.1 Å². The van der Waals surface area contributed by atoms with E-state index in [1.807, 2.05) is 13.8 Å². The van der Waals surface area contributed by atoms with Gasteiger partial charge < -0.3 is 9.84 Å². The van der Waals surface area contributed by atoms with Crippen LogP contribution >= 0.6 is 0 Å². The molecule has 0 fully saturated rings. The van der Waals surface area contributed by atoms with Crippen molar-refractivity contribution in [2.24, 2.45) is 0 Å². The molecule has 76 valence electrons. The molecular weight excluding hydrogens is 168 g/mol. The maximum Gasteiger partial charge on any atom is 0.333 e. The third kappa shape index (κ3) is 5.42. The van der Waals surface area contributed by atoms with Gasteiger partial charge in [-0.1, -0.05) is 26.8 Å². The molecule has 0 aliphatic rings. The van der Waals surface area contributed by atoms with Crippen LogP contribution < -0.4 is 0 Å². The van der Waals surface area contributed by atoms with Crippen LogP contribution in [-0.2, 0) is 9.53 Å². The molecule has 1 N–H and O–H groups in total. The van der Waals surface area contributed by atoms with Gasteiger partial charge in [-0.05, 0) is 12.8 Å². The van der Waals surface area contributed by atoms with E-state index in [0.29, 0.717) is 18.4 Å². The molecule has 0 amide bonds. The molecule has 3 nitrogen and oxygen atoms in total. The van der Waals surface area contributed by atoms with Gasteiger partial charge in [-0.2, -0.15) is 0 Å². The van der Waals surface area contributed by atoms with Crippen molar-refractivity contribution < 1.29 is 14.6 Å². The molecule has 0 bridgehead atoms. The third-order valence-corrected chi connectivity index (χ3v) is 1.72. The number of ether oxygens (including phenoxy) is 1. The molecule has 0 saturated carbocycles. The number of carbonyl (C=O) groups excluding carboxylic acids is 1. The van der Waals surface area contributed by atoms with Crippen LogP contribution in [0.5, 0.6) is 0 Å². The Morgan fingerprint density at radius 3 is 2.62 bits per heavy atom. The molecule has 0 heterocycles. The highest BCUT2D eigenvalue weighted by atomic mass is 16.5. The van der Waals surface area contributed by atoms with Crippen molar-refractivity contribution in [3.05, 3.63) is 12.2 Å². The third-order valence-electron chi connectivity index (χ3n) is 1.72. The lowest BCUT2D eigenvalue weighted by Crippen LogP contribution is -2.18. The molecule has 0 spiro atoms. The molecule has 13 heavy (non-hydrogen) atoms. The second-order valence-corrected chi connectivity index (χ2v) is 3.01. The van der Waals surface area contributed by atoms with E-state index in [2.05, 4.69) is 6.58 Å². The fraction of sp³-hybridized carbons (Fsp3) is 0.700. The molecule has 0 aliphatic heterocycles. The predicted octanol–water partition coefficient (Wildman–Crippen LogP) is 1.66. The zero-order chi connectivity index (χ0) is 10.3. The van der Waals surface area contributed by atoms with Gasteiger partial charge >= 0.3 is 5.97 Å². The smallest absolute Gasteiger partial charge is 0.333 e. The number of hydrogen-bond donors (Lipinski definition) is 1. The Labute approximate surface area is 79.4 Å². The number of rotatable bonds is 6. The fourth-order valence-electron chi connectivity index (χ4n) is 0.796. The predicted molar refractivity (Wildman–Crippen MR) is 51.3 cm³/mol. The lowest BCUT2D eigenvalue weighted by Gasteiger charge is -2.09. The van der Waals surface area contributed by atoms with Crippen LogP contribution in [0.3, 0.4) is 0 Å². The SMILES string of the molecule is C=C(CCC)C(=O)OCC(O)CC. The number of hydrogen-bond acceptors (Lipinski definition) is 3. The summed E-state index contributed by atoms with van der Waals surface area (Å²) in [6, 6.07) is 0. The number of aliphatic hydroxyl groups excluding tert-OH is 1. The second kappa shape index (κ2) is 6.66. The van der Waals surface area contributed by atoms with Gasteiger partial charge in [0.15, 0.2) is 0 Å². The molecule has 3 heteroatoms. The summed E-state index contributed by atoms with van der Waals surface area (Å²) in [4.78, 5) is 11.1. The van der Waals surface area contributed by atoms with Gasteiger partial charge in [-0.15, -0.1) is 0 Å². The minimum absolute atomic E-state index is 0.0675. The van der Waals surface area contributed by atoms with Gasteiger partial charge in [0, 0.05) is 5.57 Å². The van der Waals surface area contributed by atoms with Crippen LogP contribution in [-0.4, -0.2) is 23.8 Å². The van der Waals surface area contributed by atoms with Crippen molar-refractivity contribution in [1.82, 2.24) is 0 Å². The van der Waals surface area contributed by atoms with Crippen LogP contribution in [0.15, 0.2) is 12.2 Å². The van der Waals surface area contributed by atoms with E-state index in [9.17, 15) is 4.79 Å². The highest BCUT2D eigenvalue weighted by molar-refractivity contribution is 5.87. The Morgan fingerprint density at radius 1 is 1.54 bits per heavy atom. The lowest BCUT2D eigenvalue weighted by atomic mass is 10.2. The van der Waals surface area contributed by atoms with Crippen molar-refractivity contribution in [3.8, 4) is 0 Å². The van der Waals surface area contributed by atoms with E-state index in [1.54, 1.807) is 0 Å². The van der Waals surface area contributed by atoms with Gasteiger partial charge in [0.05, 0.1) is 6.10 Å². The summed E-state index contributed by atoms with van der Waals surface area (Å²) in [6.45, 7) is 7.46. The largest absolute Gasteiger partial charge is 0.460 e. The summed E-state index contributed by atoms with van der Waals surface area (Å²) in [5.74, 6) is -0.394. The maximum atomic E-state index is 11.1. The summed E-state index contributed by atoms with van der Waals surface area (Å²) < 4.78 is 4.82. The van der Waals surface area contributed by atoms with Crippen molar-refractivity contribution in [2.75, 3.05) is 6.61 Å². The van der Waals surface area contributed by atoms with E-state index in [-0.39, 0.29) is 6.61 Å². The highest BCUT2D eigenvalue weighted by Gasteiger charge is 2.09. The minimum Gasteiger partial charge on any atom is -0.460 e. The van der Waals surface area contributed by atoms with E-state index in [4.69, 9.17) is 9.84 Å². The van der Waals surface area contributed by atoms with E-state index in [1.165, 1.54) is 0 Å².